The summed E-state index contributed by atoms with van der Waals surface area (Å²) in [5.74, 6) is 2.48. The molecule has 0 radical (unpaired) electrons. The quantitative estimate of drug-likeness (QED) is 0.539. The molecule has 2 aromatic heterocycles. The van der Waals surface area contributed by atoms with E-state index < -0.39 is 0 Å². The fourth-order valence-corrected chi connectivity index (χ4v) is 7.48. The molecule has 8 rings (SSSR count). The van der Waals surface area contributed by atoms with E-state index in [0.29, 0.717) is 12.5 Å². The van der Waals surface area contributed by atoms with Crippen molar-refractivity contribution in [2.45, 2.75) is 69.2 Å². The summed E-state index contributed by atoms with van der Waals surface area (Å²) in [6.07, 6.45) is 10.8. The number of aromatic amines is 1. The topological polar surface area (TPSA) is 57.3 Å². The monoisotopic (exact) mass is 475 g/mol. The Kier molecular flexibility index (Phi) is 5.14. The van der Waals surface area contributed by atoms with Gasteiger partial charge < -0.3 is 9.72 Å². The predicted molar refractivity (Wildman–Crippen MR) is 133 cm³/mol. The molecule has 3 saturated carbocycles. The van der Waals surface area contributed by atoms with Gasteiger partial charge >= 0.3 is 0 Å². The van der Waals surface area contributed by atoms with Gasteiger partial charge in [0, 0.05) is 47.8 Å². The largest absolute Gasteiger partial charge is 0.485 e. The highest BCUT2D eigenvalue weighted by molar-refractivity contribution is 5.85. The van der Waals surface area contributed by atoms with Crippen molar-refractivity contribution >= 4 is 10.9 Å². The average molecular weight is 476 g/mol. The fraction of sp³-hybridized carbons (Fsp3) is 0.571. The van der Waals surface area contributed by atoms with E-state index in [1.54, 1.807) is 0 Å². The minimum absolute atomic E-state index is 0.0362. The molecule has 4 heterocycles. The number of nitrogens with zero attached hydrogens (tertiary/aromatic N) is 4. The number of nitrogens with one attached hydrogen (secondary N) is 1. The summed E-state index contributed by atoms with van der Waals surface area (Å²) >= 11 is 0. The zero-order valence-electron chi connectivity index (χ0n) is 20.4. The Morgan fingerprint density at radius 3 is 2.71 bits per heavy atom. The average Bonchev–Trinajstić information content (AvgIpc) is 3.53. The lowest BCUT2D eigenvalue weighted by atomic mass is 9.72. The zero-order chi connectivity index (χ0) is 23.6. The number of benzene rings is 1. The number of likely N-dealkylation sites (tertiary alicyclic amines) is 1. The number of para-hydroxylation sites is 1. The third kappa shape index (κ3) is 3.50. The second-order valence-corrected chi connectivity index (χ2v) is 11.3. The molecule has 1 aromatic carbocycles. The molecule has 0 amide bonds. The van der Waals surface area contributed by atoms with Gasteiger partial charge in [0.25, 0.3) is 0 Å². The molecule has 3 aliphatic carbocycles. The lowest BCUT2D eigenvalue weighted by molar-refractivity contribution is -0.0363. The molecule has 184 valence electrons. The molecule has 2 atom stereocenters. The molecule has 5 aliphatic rings. The van der Waals surface area contributed by atoms with Gasteiger partial charge in [0.2, 0.25) is 0 Å². The van der Waals surface area contributed by atoms with Crippen LogP contribution in [0.5, 0.6) is 5.75 Å². The van der Waals surface area contributed by atoms with Crippen LogP contribution in [0.25, 0.3) is 10.9 Å². The summed E-state index contributed by atoms with van der Waals surface area (Å²) in [5, 5.41) is 1.33. The number of hydrogen-bond donors (Lipinski definition) is 1. The van der Waals surface area contributed by atoms with Crippen LogP contribution in [0.2, 0.25) is 0 Å². The molecule has 6 nitrogen and oxygen atoms in total. The number of alkyl halides is 1. The van der Waals surface area contributed by atoms with Crippen LogP contribution in [0.1, 0.15) is 62.2 Å². The van der Waals surface area contributed by atoms with Crippen LogP contribution in [0, 0.1) is 5.92 Å². The van der Waals surface area contributed by atoms with Gasteiger partial charge in [-0.1, -0.05) is 18.2 Å². The van der Waals surface area contributed by atoms with Crippen LogP contribution >= 0.6 is 0 Å². The highest BCUT2D eigenvalue weighted by atomic mass is 19.1. The van der Waals surface area contributed by atoms with E-state index in [4.69, 9.17) is 14.7 Å². The summed E-state index contributed by atoms with van der Waals surface area (Å²) in [7, 11) is 0. The van der Waals surface area contributed by atoms with Crippen molar-refractivity contribution in [2.75, 3.05) is 26.3 Å². The predicted octanol–water partition coefficient (Wildman–Crippen LogP) is 4.66. The van der Waals surface area contributed by atoms with Crippen molar-refractivity contribution < 1.29 is 9.13 Å². The minimum Gasteiger partial charge on any atom is -0.485 e. The number of ether oxygens (including phenoxy) is 1. The Morgan fingerprint density at radius 1 is 1.17 bits per heavy atom. The van der Waals surface area contributed by atoms with Gasteiger partial charge in [-0.2, -0.15) is 0 Å². The van der Waals surface area contributed by atoms with Crippen LogP contribution in [0.4, 0.5) is 4.39 Å². The van der Waals surface area contributed by atoms with E-state index in [0.717, 1.165) is 43.5 Å². The van der Waals surface area contributed by atoms with Gasteiger partial charge in [-0.05, 0) is 63.0 Å². The second-order valence-electron chi connectivity index (χ2n) is 11.3. The maximum Gasteiger partial charge on any atom is 0.156 e. The standard InChI is InChI=1S/C28H34FN5O/c1-18-11-23-22-5-2-3-6-24(22)32-25(23)26(34(18)28-8-7-19(12-28)13-28)27-30-14-20(15-31-27)35-21-16-33(17-21)10-4-9-29/h2-3,5-6,14-15,18-19,21,26,32H,4,7-13,16-17H2,1H3/t18-,19?,26+,28?/m1/s1. The van der Waals surface area contributed by atoms with Crippen LogP contribution in [-0.2, 0) is 6.42 Å². The molecule has 1 N–H and O–H groups in total. The van der Waals surface area contributed by atoms with Gasteiger partial charge in [0.05, 0.1) is 19.1 Å². The van der Waals surface area contributed by atoms with Gasteiger partial charge in [-0.25, -0.2) is 9.97 Å². The second kappa shape index (κ2) is 8.27. The van der Waals surface area contributed by atoms with Crippen molar-refractivity contribution in [2.24, 2.45) is 5.92 Å². The highest BCUT2D eigenvalue weighted by Crippen LogP contribution is 2.59. The lowest BCUT2D eigenvalue weighted by Crippen LogP contribution is -2.59. The number of rotatable bonds is 7. The molecule has 7 heteroatoms. The van der Waals surface area contributed by atoms with Crippen LogP contribution < -0.4 is 4.74 Å². The van der Waals surface area contributed by atoms with E-state index in [2.05, 4.69) is 46.0 Å². The molecule has 0 spiro atoms. The fourth-order valence-electron chi connectivity index (χ4n) is 7.48. The van der Waals surface area contributed by atoms with E-state index in [1.165, 1.54) is 47.8 Å². The molecular formula is C28H34FN5O. The Bertz CT molecular complexity index is 1210. The maximum absolute atomic E-state index is 12.4. The summed E-state index contributed by atoms with van der Waals surface area (Å²) in [6.45, 7) is 4.63. The SMILES string of the molecule is C[C@@H]1Cc2c([nH]c3ccccc23)[C@@H](c2ncc(OC3CN(CCCF)C3)cn2)N1C12CCC(C1)C2. The molecule has 4 fully saturated rings. The summed E-state index contributed by atoms with van der Waals surface area (Å²) in [6, 6.07) is 9.14. The van der Waals surface area contributed by atoms with Gasteiger partial charge in [0.1, 0.15) is 12.1 Å². The minimum atomic E-state index is -0.256. The zero-order valence-corrected chi connectivity index (χ0v) is 20.4. The van der Waals surface area contributed by atoms with E-state index >= 15 is 0 Å². The van der Waals surface area contributed by atoms with Crippen LogP contribution in [0.3, 0.4) is 0 Å². The Morgan fingerprint density at radius 2 is 1.97 bits per heavy atom. The first-order chi connectivity index (χ1) is 17.1. The Balaban J connectivity index is 1.19. The number of aromatic nitrogens is 3. The van der Waals surface area contributed by atoms with Crippen molar-refractivity contribution in [3.8, 4) is 5.75 Å². The molecular weight excluding hydrogens is 441 g/mol. The van der Waals surface area contributed by atoms with Crippen molar-refractivity contribution in [1.29, 1.82) is 0 Å². The Labute approximate surface area is 205 Å². The number of halogens is 1. The highest BCUT2D eigenvalue weighted by Gasteiger charge is 2.58. The summed E-state index contributed by atoms with van der Waals surface area (Å²) < 4.78 is 18.5. The molecule has 2 bridgehead atoms. The first-order valence-corrected chi connectivity index (χ1v) is 13.3. The normalized spacial score (nSPS) is 30.7. The maximum atomic E-state index is 12.4. The van der Waals surface area contributed by atoms with E-state index in [-0.39, 0.29) is 24.4 Å². The molecule has 1 saturated heterocycles. The lowest BCUT2D eigenvalue weighted by Gasteiger charge is -2.55. The first-order valence-electron chi connectivity index (χ1n) is 13.3. The molecule has 0 unspecified atom stereocenters. The molecule has 35 heavy (non-hydrogen) atoms. The number of hydrogen-bond acceptors (Lipinski definition) is 5. The van der Waals surface area contributed by atoms with Crippen molar-refractivity contribution in [3.63, 3.8) is 0 Å². The van der Waals surface area contributed by atoms with Crippen LogP contribution in [0.15, 0.2) is 36.7 Å². The van der Waals surface area contributed by atoms with E-state index in [1.807, 2.05) is 12.4 Å². The Hall–Kier alpha value is -2.51. The smallest absolute Gasteiger partial charge is 0.156 e. The third-order valence-corrected chi connectivity index (χ3v) is 9.00. The van der Waals surface area contributed by atoms with Crippen molar-refractivity contribution in [3.05, 3.63) is 53.7 Å². The summed E-state index contributed by atoms with van der Waals surface area (Å²) in [4.78, 5) is 18.6. The van der Waals surface area contributed by atoms with Gasteiger partial charge in [-0.3, -0.25) is 14.2 Å². The van der Waals surface area contributed by atoms with Crippen LogP contribution in [-0.4, -0.2) is 68.7 Å². The van der Waals surface area contributed by atoms with Gasteiger partial charge in [-0.15, -0.1) is 0 Å². The molecule has 3 aromatic rings. The van der Waals surface area contributed by atoms with E-state index in [9.17, 15) is 4.39 Å². The van der Waals surface area contributed by atoms with Gasteiger partial charge in [0.15, 0.2) is 11.6 Å². The number of fused-ring (bicyclic) bond motifs is 4. The third-order valence-electron chi connectivity index (χ3n) is 9.00. The first kappa shape index (κ1) is 21.7. The van der Waals surface area contributed by atoms with Crippen molar-refractivity contribution in [1.82, 2.24) is 24.8 Å². The number of H-pyrrole nitrogens is 1. The molecule has 2 aliphatic heterocycles. The summed E-state index contributed by atoms with van der Waals surface area (Å²) in [5.41, 5.74) is 4.18.